The van der Waals surface area contributed by atoms with Crippen LogP contribution in [-0.2, 0) is 10.0 Å². The minimum absolute atomic E-state index is 0.263. The number of hydrogen-bond donors (Lipinski definition) is 0. The molecular formula is C14H16N2O2S. The van der Waals surface area contributed by atoms with E-state index in [1.54, 1.807) is 19.1 Å². The van der Waals surface area contributed by atoms with Crippen LogP contribution in [0.3, 0.4) is 0 Å². The van der Waals surface area contributed by atoms with Gasteiger partial charge >= 0.3 is 0 Å². The highest BCUT2D eigenvalue weighted by molar-refractivity contribution is 7.89. The van der Waals surface area contributed by atoms with Crippen LogP contribution in [0.2, 0.25) is 0 Å². The van der Waals surface area contributed by atoms with Gasteiger partial charge in [-0.2, -0.15) is 9.57 Å². The summed E-state index contributed by atoms with van der Waals surface area (Å²) in [4.78, 5) is 0.263. The summed E-state index contributed by atoms with van der Waals surface area (Å²) in [5.74, 6) is 0. The molecule has 0 fully saturated rings. The standard InChI is InChI=1S/C14H16N2O2S/c1-11-4-3-7-16(10-11)19(17,18)14-6-5-13(9-15)12(2)8-14/h4-6,8H,3,7,10H2,1-2H3. The highest BCUT2D eigenvalue weighted by Crippen LogP contribution is 2.22. The Bertz CT molecular complexity index is 669. The second-order valence-electron chi connectivity index (χ2n) is 4.77. The molecule has 5 heteroatoms. The fourth-order valence-electron chi connectivity index (χ4n) is 2.15. The van der Waals surface area contributed by atoms with E-state index < -0.39 is 10.0 Å². The van der Waals surface area contributed by atoms with Crippen LogP contribution >= 0.6 is 0 Å². The lowest BCUT2D eigenvalue weighted by Gasteiger charge is -2.25. The van der Waals surface area contributed by atoms with E-state index in [9.17, 15) is 8.42 Å². The average Bonchev–Trinajstić information content (AvgIpc) is 2.38. The highest BCUT2D eigenvalue weighted by atomic mass is 32.2. The number of sulfonamides is 1. The van der Waals surface area contributed by atoms with Gasteiger partial charge in [0.05, 0.1) is 16.5 Å². The summed E-state index contributed by atoms with van der Waals surface area (Å²) < 4.78 is 26.5. The van der Waals surface area contributed by atoms with Crippen molar-refractivity contribution in [1.29, 1.82) is 5.26 Å². The first-order chi connectivity index (χ1) is 8.95. The van der Waals surface area contributed by atoms with E-state index in [0.29, 0.717) is 24.2 Å². The topological polar surface area (TPSA) is 61.2 Å². The number of rotatable bonds is 2. The lowest BCUT2D eigenvalue weighted by molar-refractivity contribution is 0.428. The molecule has 1 heterocycles. The molecule has 1 aliphatic heterocycles. The number of nitrogens with zero attached hydrogens (tertiary/aromatic N) is 2. The molecule has 0 saturated carbocycles. The Balaban J connectivity index is 2.38. The van der Waals surface area contributed by atoms with Crippen molar-refractivity contribution in [2.45, 2.75) is 25.2 Å². The maximum absolute atomic E-state index is 12.5. The van der Waals surface area contributed by atoms with Crippen molar-refractivity contribution in [1.82, 2.24) is 4.31 Å². The first kappa shape index (κ1) is 13.8. The monoisotopic (exact) mass is 276 g/mol. The second kappa shape index (κ2) is 5.16. The van der Waals surface area contributed by atoms with Crippen LogP contribution in [0.4, 0.5) is 0 Å². The molecule has 0 bridgehead atoms. The van der Waals surface area contributed by atoms with Gasteiger partial charge in [0.15, 0.2) is 0 Å². The van der Waals surface area contributed by atoms with Gasteiger partial charge in [-0.15, -0.1) is 0 Å². The van der Waals surface area contributed by atoms with Crippen molar-refractivity contribution in [3.05, 3.63) is 41.0 Å². The Morgan fingerprint density at radius 2 is 2.05 bits per heavy atom. The average molecular weight is 276 g/mol. The molecule has 0 aromatic heterocycles. The summed E-state index contributed by atoms with van der Waals surface area (Å²) in [5, 5.41) is 8.88. The van der Waals surface area contributed by atoms with E-state index in [2.05, 4.69) is 6.08 Å². The van der Waals surface area contributed by atoms with Crippen molar-refractivity contribution < 1.29 is 8.42 Å². The van der Waals surface area contributed by atoms with E-state index in [1.165, 1.54) is 10.4 Å². The van der Waals surface area contributed by atoms with Gasteiger partial charge in [-0.05, 0) is 44.0 Å². The minimum atomic E-state index is -3.46. The zero-order chi connectivity index (χ0) is 14.0. The maximum Gasteiger partial charge on any atom is 0.243 e. The normalized spacial score (nSPS) is 16.8. The van der Waals surface area contributed by atoms with Crippen molar-refractivity contribution >= 4 is 10.0 Å². The number of hydrogen-bond acceptors (Lipinski definition) is 3. The van der Waals surface area contributed by atoms with E-state index in [0.717, 1.165) is 12.0 Å². The van der Waals surface area contributed by atoms with Crippen LogP contribution in [0, 0.1) is 18.3 Å². The maximum atomic E-state index is 12.5. The van der Waals surface area contributed by atoms with Gasteiger partial charge in [-0.3, -0.25) is 0 Å². The Labute approximate surface area is 114 Å². The van der Waals surface area contributed by atoms with Gasteiger partial charge < -0.3 is 0 Å². The smallest absolute Gasteiger partial charge is 0.207 e. The molecule has 0 atom stereocenters. The van der Waals surface area contributed by atoms with E-state index >= 15 is 0 Å². The first-order valence-electron chi connectivity index (χ1n) is 6.11. The molecule has 1 aromatic rings. The molecule has 4 nitrogen and oxygen atoms in total. The van der Waals surface area contributed by atoms with Crippen molar-refractivity contribution in [3.8, 4) is 6.07 Å². The predicted octanol–water partition coefficient (Wildman–Crippen LogP) is 2.21. The zero-order valence-electron chi connectivity index (χ0n) is 11.0. The summed E-state index contributed by atoms with van der Waals surface area (Å²) in [5.41, 5.74) is 2.27. The molecule has 0 N–H and O–H groups in total. The molecule has 0 saturated heterocycles. The van der Waals surface area contributed by atoms with Gasteiger partial charge in [0.2, 0.25) is 10.0 Å². The zero-order valence-corrected chi connectivity index (χ0v) is 11.9. The van der Waals surface area contributed by atoms with Gasteiger partial charge in [-0.1, -0.05) is 11.6 Å². The Hall–Kier alpha value is -1.64. The first-order valence-corrected chi connectivity index (χ1v) is 7.55. The summed E-state index contributed by atoms with van der Waals surface area (Å²) in [7, 11) is -3.46. The third-order valence-corrected chi connectivity index (χ3v) is 5.09. The van der Waals surface area contributed by atoms with Crippen LogP contribution in [0.15, 0.2) is 34.7 Å². The van der Waals surface area contributed by atoms with Crippen LogP contribution in [-0.4, -0.2) is 25.8 Å². The van der Waals surface area contributed by atoms with E-state index in [-0.39, 0.29) is 4.90 Å². The predicted molar refractivity (Wildman–Crippen MR) is 73.0 cm³/mol. The third kappa shape index (κ3) is 2.70. The fraction of sp³-hybridized carbons (Fsp3) is 0.357. The number of aryl methyl sites for hydroxylation is 1. The van der Waals surface area contributed by atoms with Gasteiger partial charge in [-0.25, -0.2) is 8.42 Å². The SMILES string of the molecule is CC1=CCCN(S(=O)(=O)c2ccc(C#N)c(C)c2)C1. The quantitative estimate of drug-likeness (QED) is 0.778. The molecule has 2 rings (SSSR count). The summed E-state index contributed by atoms with van der Waals surface area (Å²) >= 11 is 0. The molecule has 100 valence electrons. The number of benzene rings is 1. The van der Waals surface area contributed by atoms with Crippen LogP contribution in [0.1, 0.15) is 24.5 Å². The summed E-state index contributed by atoms with van der Waals surface area (Å²) in [6, 6.07) is 6.69. The molecule has 1 aliphatic rings. The van der Waals surface area contributed by atoms with Crippen LogP contribution in [0.25, 0.3) is 0 Å². The molecule has 1 aromatic carbocycles. The lowest BCUT2D eigenvalue weighted by atomic mass is 10.1. The molecule has 0 unspecified atom stereocenters. The van der Waals surface area contributed by atoms with E-state index in [1.807, 2.05) is 13.0 Å². The molecule has 0 amide bonds. The van der Waals surface area contributed by atoms with Gasteiger partial charge in [0, 0.05) is 13.1 Å². The number of nitriles is 1. The summed E-state index contributed by atoms with van der Waals surface area (Å²) in [6.45, 7) is 4.64. The Kier molecular flexibility index (Phi) is 3.74. The van der Waals surface area contributed by atoms with Gasteiger partial charge in [0.25, 0.3) is 0 Å². The van der Waals surface area contributed by atoms with Crippen LogP contribution in [0.5, 0.6) is 0 Å². The lowest BCUT2D eigenvalue weighted by Crippen LogP contribution is -2.35. The molecular weight excluding hydrogens is 260 g/mol. The fourth-order valence-corrected chi connectivity index (χ4v) is 3.74. The van der Waals surface area contributed by atoms with Crippen molar-refractivity contribution in [3.63, 3.8) is 0 Å². The Morgan fingerprint density at radius 3 is 2.63 bits per heavy atom. The molecule has 0 spiro atoms. The second-order valence-corrected chi connectivity index (χ2v) is 6.70. The molecule has 19 heavy (non-hydrogen) atoms. The van der Waals surface area contributed by atoms with Crippen molar-refractivity contribution in [2.24, 2.45) is 0 Å². The molecule has 0 radical (unpaired) electrons. The summed E-state index contributed by atoms with van der Waals surface area (Å²) in [6.07, 6.45) is 2.82. The largest absolute Gasteiger partial charge is 0.243 e. The van der Waals surface area contributed by atoms with Gasteiger partial charge in [0.1, 0.15) is 0 Å². The van der Waals surface area contributed by atoms with E-state index in [4.69, 9.17) is 5.26 Å². The third-order valence-electron chi connectivity index (χ3n) is 3.25. The Morgan fingerprint density at radius 1 is 1.32 bits per heavy atom. The molecule has 0 aliphatic carbocycles. The minimum Gasteiger partial charge on any atom is -0.207 e. The van der Waals surface area contributed by atoms with Crippen molar-refractivity contribution in [2.75, 3.05) is 13.1 Å². The highest BCUT2D eigenvalue weighted by Gasteiger charge is 2.26. The van der Waals surface area contributed by atoms with Crippen LogP contribution < -0.4 is 0 Å².